The number of aryl methyl sites for hydroxylation is 2. The van der Waals surface area contributed by atoms with Crippen LogP contribution in [0.1, 0.15) is 42.1 Å². The molecular weight excluding hydrogens is 286 g/mol. The summed E-state index contributed by atoms with van der Waals surface area (Å²) in [5.74, 6) is 1.46. The van der Waals surface area contributed by atoms with Gasteiger partial charge in [0.15, 0.2) is 0 Å². The smallest absolute Gasteiger partial charge is 0.219 e. The lowest BCUT2D eigenvalue weighted by atomic mass is 10.1. The SMILES string of the molecule is Cc1cc(Oc2cc(CO)cc(C(C)C)n2)cc(C)c1Cl. The van der Waals surface area contributed by atoms with Gasteiger partial charge in [0.1, 0.15) is 5.75 Å². The molecule has 0 atom stereocenters. The van der Waals surface area contributed by atoms with Gasteiger partial charge < -0.3 is 9.84 Å². The zero-order valence-electron chi connectivity index (χ0n) is 12.8. The number of hydrogen-bond donors (Lipinski definition) is 1. The van der Waals surface area contributed by atoms with E-state index in [1.807, 2.05) is 32.0 Å². The Morgan fingerprint density at radius 2 is 1.76 bits per heavy atom. The lowest BCUT2D eigenvalue weighted by Crippen LogP contribution is -1.99. The minimum absolute atomic E-state index is 0.0305. The van der Waals surface area contributed by atoms with Crippen LogP contribution in [0.4, 0.5) is 0 Å². The van der Waals surface area contributed by atoms with Crippen molar-refractivity contribution in [3.63, 3.8) is 0 Å². The van der Waals surface area contributed by atoms with E-state index in [2.05, 4.69) is 18.8 Å². The van der Waals surface area contributed by atoms with Crippen LogP contribution in [0.3, 0.4) is 0 Å². The third-order valence-corrected chi connectivity index (χ3v) is 3.88. The molecule has 4 heteroatoms. The monoisotopic (exact) mass is 305 g/mol. The van der Waals surface area contributed by atoms with Crippen LogP contribution in [-0.2, 0) is 6.61 Å². The summed E-state index contributed by atoms with van der Waals surface area (Å²) in [4.78, 5) is 4.49. The van der Waals surface area contributed by atoms with E-state index in [1.165, 1.54) is 0 Å². The number of aliphatic hydroxyl groups excluding tert-OH is 1. The van der Waals surface area contributed by atoms with Gasteiger partial charge in [0.05, 0.1) is 6.61 Å². The number of hydrogen-bond acceptors (Lipinski definition) is 3. The molecule has 21 heavy (non-hydrogen) atoms. The third kappa shape index (κ3) is 3.74. The van der Waals surface area contributed by atoms with Crippen LogP contribution >= 0.6 is 11.6 Å². The predicted octanol–water partition coefficient (Wildman–Crippen LogP) is 4.76. The molecule has 2 rings (SSSR count). The van der Waals surface area contributed by atoms with Gasteiger partial charge in [-0.2, -0.15) is 0 Å². The van der Waals surface area contributed by atoms with Crippen molar-refractivity contribution in [2.45, 2.75) is 40.2 Å². The summed E-state index contributed by atoms with van der Waals surface area (Å²) in [7, 11) is 0. The van der Waals surface area contributed by atoms with Gasteiger partial charge in [0.25, 0.3) is 0 Å². The van der Waals surface area contributed by atoms with Crippen molar-refractivity contribution in [3.8, 4) is 11.6 Å². The zero-order valence-corrected chi connectivity index (χ0v) is 13.5. The van der Waals surface area contributed by atoms with E-state index >= 15 is 0 Å². The van der Waals surface area contributed by atoms with E-state index in [4.69, 9.17) is 16.3 Å². The second-order valence-electron chi connectivity index (χ2n) is 5.52. The molecular formula is C17H20ClNO2. The first-order valence-electron chi connectivity index (χ1n) is 6.97. The molecule has 112 valence electrons. The first kappa shape index (κ1) is 15.8. The van der Waals surface area contributed by atoms with E-state index in [0.717, 1.165) is 27.4 Å². The second-order valence-corrected chi connectivity index (χ2v) is 5.90. The summed E-state index contributed by atoms with van der Waals surface area (Å²) in [5.41, 5.74) is 3.63. The number of pyridine rings is 1. The summed E-state index contributed by atoms with van der Waals surface area (Å²) in [5, 5.41) is 10.1. The standard InChI is InChI=1S/C17H20ClNO2/c1-10(2)15-7-13(9-20)8-16(19-15)21-14-5-11(3)17(18)12(4)6-14/h5-8,10,20H,9H2,1-4H3. The van der Waals surface area contributed by atoms with Crippen LogP contribution in [0.15, 0.2) is 24.3 Å². The Morgan fingerprint density at radius 1 is 1.14 bits per heavy atom. The maximum Gasteiger partial charge on any atom is 0.219 e. The van der Waals surface area contributed by atoms with Gasteiger partial charge in [-0.1, -0.05) is 25.4 Å². The number of ether oxygens (including phenoxy) is 1. The number of nitrogens with zero attached hydrogens (tertiary/aromatic N) is 1. The van der Waals surface area contributed by atoms with Gasteiger partial charge in [-0.25, -0.2) is 4.98 Å². The molecule has 0 radical (unpaired) electrons. The number of aromatic nitrogens is 1. The number of rotatable bonds is 4. The van der Waals surface area contributed by atoms with Gasteiger partial charge in [-0.05, 0) is 54.7 Å². The van der Waals surface area contributed by atoms with Crippen molar-refractivity contribution in [2.75, 3.05) is 0 Å². The van der Waals surface area contributed by atoms with E-state index in [1.54, 1.807) is 6.07 Å². The van der Waals surface area contributed by atoms with Gasteiger partial charge in [0.2, 0.25) is 5.88 Å². The first-order chi connectivity index (χ1) is 9.90. The van der Waals surface area contributed by atoms with E-state index in [-0.39, 0.29) is 12.5 Å². The van der Waals surface area contributed by atoms with Crippen molar-refractivity contribution in [3.05, 3.63) is 51.7 Å². The average molecular weight is 306 g/mol. The van der Waals surface area contributed by atoms with E-state index in [9.17, 15) is 5.11 Å². The molecule has 2 aromatic rings. The predicted molar refractivity (Wildman–Crippen MR) is 85.2 cm³/mol. The number of aliphatic hydroxyl groups is 1. The Balaban J connectivity index is 2.37. The van der Waals surface area contributed by atoms with Crippen molar-refractivity contribution in [1.29, 1.82) is 0 Å². The zero-order chi connectivity index (χ0) is 15.6. The molecule has 0 aliphatic carbocycles. The highest BCUT2D eigenvalue weighted by atomic mass is 35.5. The molecule has 0 fully saturated rings. The van der Waals surface area contributed by atoms with Crippen LogP contribution in [0.2, 0.25) is 5.02 Å². The molecule has 0 amide bonds. The fraction of sp³-hybridized carbons (Fsp3) is 0.353. The van der Waals surface area contributed by atoms with Crippen LogP contribution in [0.25, 0.3) is 0 Å². The van der Waals surface area contributed by atoms with Crippen LogP contribution in [-0.4, -0.2) is 10.1 Å². The number of halogens is 1. The van der Waals surface area contributed by atoms with Crippen molar-refractivity contribution in [2.24, 2.45) is 0 Å². The highest BCUT2D eigenvalue weighted by molar-refractivity contribution is 6.32. The molecule has 1 heterocycles. The maximum absolute atomic E-state index is 9.36. The third-order valence-electron chi connectivity index (χ3n) is 3.29. The molecule has 0 saturated carbocycles. The Labute approximate surface area is 130 Å². The van der Waals surface area contributed by atoms with Crippen LogP contribution in [0, 0.1) is 13.8 Å². The van der Waals surface area contributed by atoms with Gasteiger partial charge in [0, 0.05) is 16.8 Å². The van der Waals surface area contributed by atoms with Gasteiger partial charge in [-0.15, -0.1) is 0 Å². The molecule has 0 spiro atoms. The Bertz CT molecular complexity index is 630. The topological polar surface area (TPSA) is 42.4 Å². The highest BCUT2D eigenvalue weighted by Gasteiger charge is 2.09. The first-order valence-corrected chi connectivity index (χ1v) is 7.34. The second kappa shape index (κ2) is 6.46. The fourth-order valence-electron chi connectivity index (χ4n) is 2.11. The van der Waals surface area contributed by atoms with E-state index in [0.29, 0.717) is 11.6 Å². The van der Waals surface area contributed by atoms with E-state index < -0.39 is 0 Å². The largest absolute Gasteiger partial charge is 0.439 e. The molecule has 1 aromatic carbocycles. The summed E-state index contributed by atoms with van der Waals surface area (Å²) in [6, 6.07) is 7.43. The van der Waals surface area contributed by atoms with Crippen molar-refractivity contribution < 1.29 is 9.84 Å². The fourth-order valence-corrected chi connectivity index (χ4v) is 2.22. The molecule has 0 bridgehead atoms. The quantitative estimate of drug-likeness (QED) is 0.885. The Kier molecular flexibility index (Phi) is 4.86. The Morgan fingerprint density at radius 3 is 2.29 bits per heavy atom. The number of benzene rings is 1. The molecule has 1 aromatic heterocycles. The van der Waals surface area contributed by atoms with Crippen LogP contribution < -0.4 is 4.74 Å². The molecule has 0 saturated heterocycles. The van der Waals surface area contributed by atoms with Crippen molar-refractivity contribution in [1.82, 2.24) is 4.98 Å². The normalized spacial score (nSPS) is 11.0. The maximum atomic E-state index is 9.36. The van der Waals surface area contributed by atoms with Gasteiger partial charge in [-0.3, -0.25) is 0 Å². The average Bonchev–Trinajstić information content (AvgIpc) is 2.44. The summed E-state index contributed by atoms with van der Waals surface area (Å²) < 4.78 is 5.85. The molecule has 0 aliphatic heterocycles. The van der Waals surface area contributed by atoms with Gasteiger partial charge >= 0.3 is 0 Å². The lowest BCUT2D eigenvalue weighted by Gasteiger charge is -2.12. The minimum atomic E-state index is -0.0305. The lowest BCUT2D eigenvalue weighted by molar-refractivity contribution is 0.280. The summed E-state index contributed by atoms with van der Waals surface area (Å²) in [6.45, 7) is 7.98. The Hall–Kier alpha value is -1.58. The highest BCUT2D eigenvalue weighted by Crippen LogP contribution is 2.29. The summed E-state index contributed by atoms with van der Waals surface area (Å²) in [6.07, 6.45) is 0. The molecule has 3 nitrogen and oxygen atoms in total. The molecule has 0 aliphatic rings. The minimum Gasteiger partial charge on any atom is -0.439 e. The van der Waals surface area contributed by atoms with Crippen molar-refractivity contribution >= 4 is 11.6 Å². The molecule has 1 N–H and O–H groups in total. The van der Waals surface area contributed by atoms with Crippen LogP contribution in [0.5, 0.6) is 11.6 Å². The molecule has 0 unspecified atom stereocenters. The summed E-state index contributed by atoms with van der Waals surface area (Å²) >= 11 is 6.16.